The molecule has 0 unspecified atom stereocenters. The Hall–Kier alpha value is -2.24. The summed E-state index contributed by atoms with van der Waals surface area (Å²) in [7, 11) is 3.30. The van der Waals surface area contributed by atoms with Gasteiger partial charge in [0.2, 0.25) is 0 Å². The molecule has 0 aliphatic rings. The lowest BCUT2D eigenvalue weighted by atomic mass is 10.1. The molecule has 22 heavy (non-hydrogen) atoms. The highest BCUT2D eigenvalue weighted by molar-refractivity contribution is 5.94. The number of hydrogen-bond donors (Lipinski definition) is 3. The van der Waals surface area contributed by atoms with E-state index in [1.54, 1.807) is 38.4 Å². The quantitative estimate of drug-likeness (QED) is 0.436. The highest BCUT2D eigenvalue weighted by Gasteiger charge is 2.11. The minimum absolute atomic E-state index is 0.0638. The van der Waals surface area contributed by atoms with E-state index in [9.17, 15) is 4.79 Å². The predicted octanol–water partition coefficient (Wildman–Crippen LogP) is 1.39. The van der Waals surface area contributed by atoms with Crippen molar-refractivity contribution in [1.82, 2.24) is 16.0 Å². The molecule has 0 heterocycles. The average Bonchev–Trinajstić information content (AvgIpc) is 2.48. The van der Waals surface area contributed by atoms with Crippen LogP contribution in [0.4, 0.5) is 0 Å². The number of benzene rings is 1. The Bertz CT molecular complexity index is 521. The van der Waals surface area contributed by atoms with Gasteiger partial charge in [0.25, 0.3) is 5.91 Å². The van der Waals surface area contributed by atoms with Crippen LogP contribution in [0.25, 0.3) is 0 Å². The van der Waals surface area contributed by atoms with E-state index in [1.165, 1.54) is 0 Å². The van der Waals surface area contributed by atoms with Crippen molar-refractivity contribution in [2.24, 2.45) is 4.99 Å². The van der Waals surface area contributed by atoms with Gasteiger partial charge in [0, 0.05) is 31.2 Å². The van der Waals surface area contributed by atoms with Crippen molar-refractivity contribution in [1.29, 1.82) is 0 Å². The molecule has 0 saturated heterocycles. The molecule has 0 saturated carbocycles. The number of nitrogens with zero attached hydrogens (tertiary/aromatic N) is 1. The van der Waals surface area contributed by atoms with E-state index in [0.717, 1.165) is 0 Å². The Morgan fingerprint density at radius 3 is 2.50 bits per heavy atom. The zero-order valence-electron chi connectivity index (χ0n) is 14.0. The van der Waals surface area contributed by atoms with E-state index in [0.29, 0.717) is 30.4 Å². The Morgan fingerprint density at radius 1 is 1.23 bits per heavy atom. The molecule has 0 bridgehead atoms. The van der Waals surface area contributed by atoms with Crippen molar-refractivity contribution in [2.75, 3.05) is 27.2 Å². The molecule has 0 aliphatic carbocycles. The van der Waals surface area contributed by atoms with Gasteiger partial charge in [-0.15, -0.1) is 0 Å². The van der Waals surface area contributed by atoms with Gasteiger partial charge in [0.1, 0.15) is 5.75 Å². The normalized spacial score (nSPS) is 11.8. The fourth-order valence-electron chi connectivity index (χ4n) is 1.76. The van der Waals surface area contributed by atoms with Crippen LogP contribution in [0.2, 0.25) is 0 Å². The van der Waals surface area contributed by atoms with Crippen molar-refractivity contribution in [3.8, 4) is 5.75 Å². The van der Waals surface area contributed by atoms with Gasteiger partial charge in [-0.1, -0.05) is 6.07 Å². The molecule has 0 atom stereocenters. The van der Waals surface area contributed by atoms with E-state index in [-0.39, 0.29) is 11.4 Å². The number of methoxy groups -OCH3 is 1. The monoisotopic (exact) mass is 306 g/mol. The van der Waals surface area contributed by atoms with Crippen LogP contribution in [-0.2, 0) is 0 Å². The van der Waals surface area contributed by atoms with E-state index in [1.807, 2.05) is 0 Å². The largest absolute Gasteiger partial charge is 0.497 e. The second kappa shape index (κ2) is 8.26. The SMILES string of the molecule is CN=C(NCCNC(=O)c1cccc(OC)c1)NC(C)(C)C. The lowest BCUT2D eigenvalue weighted by Crippen LogP contribution is -2.49. The molecule has 3 N–H and O–H groups in total. The first-order valence-corrected chi connectivity index (χ1v) is 7.27. The molecule has 0 aliphatic heterocycles. The van der Waals surface area contributed by atoms with Crippen LogP contribution in [0.1, 0.15) is 31.1 Å². The zero-order valence-corrected chi connectivity index (χ0v) is 14.0. The van der Waals surface area contributed by atoms with Gasteiger partial charge in [-0.3, -0.25) is 9.79 Å². The maximum absolute atomic E-state index is 12.0. The third-order valence-corrected chi connectivity index (χ3v) is 2.75. The number of aliphatic imine (C=N–C) groups is 1. The van der Waals surface area contributed by atoms with Gasteiger partial charge in [-0.25, -0.2) is 0 Å². The molecular formula is C16H26N4O2. The second-order valence-corrected chi connectivity index (χ2v) is 5.86. The first-order valence-electron chi connectivity index (χ1n) is 7.27. The Balaban J connectivity index is 2.39. The second-order valence-electron chi connectivity index (χ2n) is 5.86. The summed E-state index contributed by atoms with van der Waals surface area (Å²) in [6, 6.07) is 7.07. The van der Waals surface area contributed by atoms with E-state index in [2.05, 4.69) is 41.7 Å². The average molecular weight is 306 g/mol. The van der Waals surface area contributed by atoms with Gasteiger partial charge in [0.05, 0.1) is 7.11 Å². The van der Waals surface area contributed by atoms with Crippen molar-refractivity contribution >= 4 is 11.9 Å². The Kier molecular flexibility index (Phi) is 6.69. The van der Waals surface area contributed by atoms with Gasteiger partial charge >= 0.3 is 0 Å². The van der Waals surface area contributed by atoms with Crippen LogP contribution in [0, 0.1) is 0 Å². The fourth-order valence-corrected chi connectivity index (χ4v) is 1.76. The molecule has 0 fully saturated rings. The first-order chi connectivity index (χ1) is 10.4. The van der Waals surface area contributed by atoms with Crippen molar-refractivity contribution < 1.29 is 9.53 Å². The number of carbonyl (C=O) groups excluding carboxylic acids is 1. The molecule has 1 rings (SSSR count). The van der Waals surface area contributed by atoms with Crippen LogP contribution < -0.4 is 20.7 Å². The summed E-state index contributed by atoms with van der Waals surface area (Å²) in [5.41, 5.74) is 0.516. The number of guanidine groups is 1. The molecule has 1 amide bonds. The molecule has 1 aromatic carbocycles. The number of rotatable bonds is 5. The fraction of sp³-hybridized carbons (Fsp3) is 0.500. The van der Waals surface area contributed by atoms with Crippen LogP contribution >= 0.6 is 0 Å². The molecular weight excluding hydrogens is 280 g/mol. The number of hydrogen-bond acceptors (Lipinski definition) is 3. The van der Waals surface area contributed by atoms with Crippen LogP contribution in [-0.4, -0.2) is 44.7 Å². The molecule has 0 spiro atoms. The number of ether oxygens (including phenoxy) is 1. The van der Waals surface area contributed by atoms with Gasteiger partial charge in [-0.2, -0.15) is 0 Å². The minimum atomic E-state index is -0.125. The molecule has 0 radical (unpaired) electrons. The lowest BCUT2D eigenvalue weighted by molar-refractivity contribution is 0.0954. The van der Waals surface area contributed by atoms with Crippen LogP contribution in [0.15, 0.2) is 29.3 Å². The summed E-state index contributed by atoms with van der Waals surface area (Å²) in [5.74, 6) is 1.25. The highest BCUT2D eigenvalue weighted by atomic mass is 16.5. The third kappa shape index (κ3) is 6.47. The smallest absolute Gasteiger partial charge is 0.251 e. The summed E-state index contributed by atoms with van der Waals surface area (Å²) in [6.07, 6.45) is 0. The standard InChI is InChI=1S/C16H26N4O2/c1-16(2,3)20-15(17-4)19-10-9-18-14(21)12-7-6-8-13(11-12)22-5/h6-8,11H,9-10H2,1-5H3,(H,18,21)(H2,17,19,20). The summed E-state index contributed by atoms with van der Waals surface area (Å²) in [5, 5.41) is 9.26. The Morgan fingerprint density at radius 2 is 1.91 bits per heavy atom. The number of amides is 1. The van der Waals surface area contributed by atoms with E-state index < -0.39 is 0 Å². The molecule has 1 aromatic rings. The highest BCUT2D eigenvalue weighted by Crippen LogP contribution is 2.12. The maximum Gasteiger partial charge on any atom is 0.251 e. The molecule has 122 valence electrons. The molecule has 6 heteroatoms. The molecule has 0 aromatic heterocycles. The summed E-state index contributed by atoms with van der Waals surface area (Å²) in [6.45, 7) is 7.27. The van der Waals surface area contributed by atoms with Crippen LogP contribution in [0.5, 0.6) is 5.75 Å². The van der Waals surface area contributed by atoms with Gasteiger partial charge in [0.15, 0.2) is 5.96 Å². The maximum atomic E-state index is 12.0. The summed E-state index contributed by atoms with van der Waals surface area (Å²) < 4.78 is 5.11. The van der Waals surface area contributed by atoms with E-state index >= 15 is 0 Å². The number of nitrogens with one attached hydrogen (secondary N) is 3. The predicted molar refractivity (Wildman–Crippen MR) is 89.6 cm³/mol. The van der Waals surface area contributed by atoms with Gasteiger partial charge in [-0.05, 0) is 39.0 Å². The summed E-state index contributed by atoms with van der Waals surface area (Å²) in [4.78, 5) is 16.2. The molecule has 6 nitrogen and oxygen atoms in total. The van der Waals surface area contributed by atoms with Crippen molar-refractivity contribution in [3.63, 3.8) is 0 Å². The summed E-state index contributed by atoms with van der Waals surface area (Å²) >= 11 is 0. The van der Waals surface area contributed by atoms with Crippen molar-refractivity contribution in [3.05, 3.63) is 29.8 Å². The minimum Gasteiger partial charge on any atom is -0.497 e. The van der Waals surface area contributed by atoms with Crippen molar-refractivity contribution in [2.45, 2.75) is 26.3 Å². The van der Waals surface area contributed by atoms with Crippen LogP contribution in [0.3, 0.4) is 0 Å². The first kappa shape index (κ1) is 17.8. The topological polar surface area (TPSA) is 74.8 Å². The lowest BCUT2D eigenvalue weighted by Gasteiger charge is -2.23. The van der Waals surface area contributed by atoms with E-state index in [4.69, 9.17) is 4.74 Å². The zero-order chi connectivity index (χ0) is 16.6. The Labute approximate surface area is 132 Å². The third-order valence-electron chi connectivity index (χ3n) is 2.75. The van der Waals surface area contributed by atoms with Gasteiger partial charge < -0.3 is 20.7 Å². The number of carbonyl (C=O) groups is 1.